The fourth-order valence-electron chi connectivity index (χ4n) is 10.4. The van der Waals surface area contributed by atoms with Gasteiger partial charge in [0.15, 0.2) is 0 Å². The van der Waals surface area contributed by atoms with Gasteiger partial charge in [0.05, 0.1) is 5.60 Å². The Labute approximate surface area is 240 Å². The maximum Gasteiger partial charge on any atom is 0.302 e. The fourth-order valence-corrected chi connectivity index (χ4v) is 10.4. The lowest BCUT2D eigenvalue weighted by molar-refractivity contribution is -0.237. The number of carbonyl (C=O) groups is 1. The van der Waals surface area contributed by atoms with Crippen LogP contribution < -0.4 is 11.1 Å². The molecule has 0 aromatic rings. The zero-order valence-corrected chi connectivity index (χ0v) is 26.4. The predicted molar refractivity (Wildman–Crippen MR) is 160 cm³/mol. The molecule has 4 N–H and O–H groups in total. The number of hydrogen-bond acceptors (Lipinski definition) is 5. The first-order chi connectivity index (χ1) is 18.4. The summed E-state index contributed by atoms with van der Waals surface area (Å²) in [5.74, 6) is 4.94. The number of ether oxygens (including phenoxy) is 1. The zero-order valence-electron chi connectivity index (χ0n) is 26.4. The van der Waals surface area contributed by atoms with Crippen LogP contribution in [0.25, 0.3) is 0 Å². The second-order valence-electron chi connectivity index (χ2n) is 15.4. The minimum absolute atomic E-state index is 0.0468. The summed E-state index contributed by atoms with van der Waals surface area (Å²) in [5, 5.41) is 16.5. The second-order valence-corrected chi connectivity index (χ2v) is 15.4. The molecule has 4 saturated carbocycles. The lowest BCUT2D eigenvalue weighted by Crippen LogP contribution is -2.71. The van der Waals surface area contributed by atoms with E-state index < -0.39 is 5.60 Å². The molecule has 0 saturated heterocycles. The van der Waals surface area contributed by atoms with E-state index in [1.54, 1.807) is 0 Å². The Bertz CT molecular complexity index is 833. The summed E-state index contributed by atoms with van der Waals surface area (Å²) < 4.78 is 5.71. The molecule has 11 atom stereocenters. The molecule has 0 radical (unpaired) electrons. The average molecular weight is 547 g/mol. The Morgan fingerprint density at radius 1 is 1.03 bits per heavy atom. The van der Waals surface area contributed by atoms with Crippen molar-refractivity contribution in [1.29, 1.82) is 0 Å². The SMILES string of the molecule is CC(=O)O[C@H]1CC[C@]2(C)[C@H]3CC[C@]4(C)[C@@H](C(C)CCC(C)C(C)C)CC[C@H]4[C@@H]3C[C@@H](NCCCCN)[C@@]2(O)C1. The average Bonchev–Trinajstić information content (AvgIpc) is 3.23. The van der Waals surface area contributed by atoms with E-state index in [1.165, 1.54) is 45.4 Å². The molecule has 226 valence electrons. The molecule has 0 heterocycles. The molecule has 0 amide bonds. The molecule has 4 aliphatic carbocycles. The number of fused-ring (bicyclic) bond motifs is 5. The van der Waals surface area contributed by atoms with Crippen molar-refractivity contribution in [3.05, 3.63) is 0 Å². The molecule has 2 unspecified atom stereocenters. The van der Waals surface area contributed by atoms with Crippen LogP contribution in [0.5, 0.6) is 0 Å². The third-order valence-electron chi connectivity index (χ3n) is 13.2. The van der Waals surface area contributed by atoms with Crippen LogP contribution >= 0.6 is 0 Å². The molecule has 0 aliphatic heterocycles. The van der Waals surface area contributed by atoms with Gasteiger partial charge < -0.3 is 20.9 Å². The highest BCUT2D eigenvalue weighted by Crippen LogP contribution is 2.69. The molecule has 0 aromatic heterocycles. The number of carbonyl (C=O) groups excluding carboxylic acids is 1. The Morgan fingerprint density at radius 3 is 2.44 bits per heavy atom. The minimum Gasteiger partial charge on any atom is -0.462 e. The zero-order chi connectivity index (χ0) is 28.6. The Kier molecular flexibility index (Phi) is 9.87. The first-order valence-electron chi connectivity index (χ1n) is 16.7. The van der Waals surface area contributed by atoms with Crippen LogP contribution in [-0.2, 0) is 9.53 Å². The summed E-state index contributed by atoms with van der Waals surface area (Å²) in [6, 6.07) is 0.0468. The highest BCUT2D eigenvalue weighted by atomic mass is 16.5. The third-order valence-corrected chi connectivity index (χ3v) is 13.2. The van der Waals surface area contributed by atoms with Crippen molar-refractivity contribution in [2.45, 2.75) is 143 Å². The molecule has 0 aromatic carbocycles. The monoisotopic (exact) mass is 546 g/mol. The topological polar surface area (TPSA) is 84.6 Å². The summed E-state index contributed by atoms with van der Waals surface area (Å²) in [6.07, 6.45) is 13.3. The standard InChI is InChI=1S/C34H62N2O3/c1-22(2)23(3)10-11-24(4)28-12-13-29-27-20-31(36-19-9-8-18-35)34(38)21-26(39-25(5)37)14-17-33(34,7)30(27)15-16-32(28,29)6/h22-24,26-31,36,38H,8-21,35H2,1-7H3/t23?,24?,26-,27-,28+,29-,30-,31+,32+,33+,34-/m0/s1. The third kappa shape index (κ3) is 5.85. The Hall–Kier alpha value is -0.650. The number of rotatable bonds is 11. The second kappa shape index (κ2) is 12.3. The van der Waals surface area contributed by atoms with E-state index in [-0.39, 0.29) is 23.5 Å². The summed E-state index contributed by atoms with van der Waals surface area (Å²) in [5.41, 5.74) is 5.22. The van der Waals surface area contributed by atoms with E-state index in [2.05, 4.69) is 46.9 Å². The number of unbranched alkanes of at least 4 members (excludes halogenated alkanes) is 1. The van der Waals surface area contributed by atoms with Crippen LogP contribution in [0, 0.1) is 52.3 Å². The van der Waals surface area contributed by atoms with Gasteiger partial charge in [-0.1, -0.05) is 54.4 Å². The minimum atomic E-state index is -0.846. The molecule has 4 rings (SSSR count). The van der Waals surface area contributed by atoms with Gasteiger partial charge >= 0.3 is 5.97 Å². The molecule has 0 bridgehead atoms. The maximum absolute atomic E-state index is 12.6. The molecule has 0 spiro atoms. The molecular weight excluding hydrogens is 484 g/mol. The van der Waals surface area contributed by atoms with Crippen LogP contribution in [0.2, 0.25) is 0 Å². The molecule has 5 heteroatoms. The molecule has 39 heavy (non-hydrogen) atoms. The number of nitrogens with two attached hydrogens (primary N) is 1. The van der Waals surface area contributed by atoms with Crippen molar-refractivity contribution in [3.63, 3.8) is 0 Å². The van der Waals surface area contributed by atoms with Gasteiger partial charge in [0.25, 0.3) is 0 Å². The molecule has 5 nitrogen and oxygen atoms in total. The summed E-state index contributed by atoms with van der Waals surface area (Å²) in [7, 11) is 0. The number of aliphatic hydroxyl groups is 1. The predicted octanol–water partition coefficient (Wildman–Crippen LogP) is 6.71. The quantitative estimate of drug-likeness (QED) is 0.198. The molecular formula is C34H62N2O3. The highest BCUT2D eigenvalue weighted by molar-refractivity contribution is 5.66. The first-order valence-corrected chi connectivity index (χ1v) is 16.7. The van der Waals surface area contributed by atoms with Crippen LogP contribution in [0.4, 0.5) is 0 Å². The van der Waals surface area contributed by atoms with Crippen molar-refractivity contribution in [2.24, 2.45) is 58.0 Å². The lowest BCUT2D eigenvalue weighted by Gasteiger charge is -2.66. The Balaban J connectivity index is 1.56. The summed E-state index contributed by atoms with van der Waals surface area (Å²) >= 11 is 0. The van der Waals surface area contributed by atoms with Crippen molar-refractivity contribution in [2.75, 3.05) is 13.1 Å². The van der Waals surface area contributed by atoms with Gasteiger partial charge in [-0.15, -0.1) is 0 Å². The van der Waals surface area contributed by atoms with Gasteiger partial charge in [0.1, 0.15) is 6.10 Å². The van der Waals surface area contributed by atoms with Gasteiger partial charge in [-0.2, -0.15) is 0 Å². The van der Waals surface area contributed by atoms with Crippen LogP contribution in [0.1, 0.15) is 126 Å². The van der Waals surface area contributed by atoms with Crippen molar-refractivity contribution >= 4 is 5.97 Å². The van der Waals surface area contributed by atoms with E-state index >= 15 is 0 Å². The van der Waals surface area contributed by atoms with Crippen molar-refractivity contribution in [3.8, 4) is 0 Å². The van der Waals surface area contributed by atoms with E-state index in [0.717, 1.165) is 68.2 Å². The molecule has 4 aliphatic rings. The number of nitrogens with one attached hydrogen (secondary N) is 1. The largest absolute Gasteiger partial charge is 0.462 e. The van der Waals surface area contributed by atoms with Crippen LogP contribution in [0.15, 0.2) is 0 Å². The van der Waals surface area contributed by atoms with Gasteiger partial charge in [0.2, 0.25) is 0 Å². The van der Waals surface area contributed by atoms with Gasteiger partial charge in [-0.25, -0.2) is 0 Å². The summed E-state index contributed by atoms with van der Waals surface area (Å²) in [4.78, 5) is 11.8. The summed E-state index contributed by atoms with van der Waals surface area (Å²) in [6.45, 7) is 17.9. The van der Waals surface area contributed by atoms with E-state index in [0.29, 0.717) is 30.2 Å². The van der Waals surface area contributed by atoms with Crippen molar-refractivity contribution in [1.82, 2.24) is 5.32 Å². The van der Waals surface area contributed by atoms with Crippen molar-refractivity contribution < 1.29 is 14.6 Å². The lowest BCUT2D eigenvalue weighted by atomic mass is 9.42. The smallest absolute Gasteiger partial charge is 0.302 e. The van der Waals surface area contributed by atoms with E-state index in [4.69, 9.17) is 10.5 Å². The normalized spacial score (nSPS) is 43.3. The maximum atomic E-state index is 12.6. The fraction of sp³-hybridized carbons (Fsp3) is 0.971. The van der Waals surface area contributed by atoms with Crippen LogP contribution in [-0.4, -0.2) is 41.9 Å². The highest BCUT2D eigenvalue weighted by Gasteiger charge is 2.67. The number of hydrogen-bond donors (Lipinski definition) is 3. The van der Waals surface area contributed by atoms with Gasteiger partial charge in [-0.3, -0.25) is 4.79 Å². The Morgan fingerprint density at radius 2 is 1.77 bits per heavy atom. The van der Waals surface area contributed by atoms with Crippen LogP contribution in [0.3, 0.4) is 0 Å². The van der Waals surface area contributed by atoms with Gasteiger partial charge in [-0.05, 0) is 118 Å². The first kappa shape index (κ1) is 31.3. The van der Waals surface area contributed by atoms with E-state index in [1.807, 2.05) is 0 Å². The van der Waals surface area contributed by atoms with E-state index in [9.17, 15) is 9.90 Å². The van der Waals surface area contributed by atoms with Gasteiger partial charge in [0, 0.05) is 24.8 Å². The number of esters is 1. The molecule has 4 fully saturated rings.